The highest BCUT2D eigenvalue weighted by Gasteiger charge is 2.03. The van der Waals surface area contributed by atoms with Crippen molar-refractivity contribution in [1.29, 1.82) is 0 Å². The van der Waals surface area contributed by atoms with E-state index in [1.165, 1.54) is 11.1 Å². The van der Waals surface area contributed by atoms with Gasteiger partial charge >= 0.3 is 0 Å². The van der Waals surface area contributed by atoms with Gasteiger partial charge < -0.3 is 4.72 Å². The molecule has 140 valence electrons. The Bertz CT molecular complexity index is 891. The molecular formula is C23H24ClNOS. The van der Waals surface area contributed by atoms with Gasteiger partial charge in [0, 0.05) is 10.7 Å². The van der Waals surface area contributed by atoms with Crippen LogP contribution in [0, 0.1) is 0 Å². The van der Waals surface area contributed by atoms with Gasteiger partial charge in [-0.2, -0.15) is 0 Å². The van der Waals surface area contributed by atoms with Crippen LogP contribution in [0.3, 0.4) is 0 Å². The summed E-state index contributed by atoms with van der Waals surface area (Å²) in [4.78, 5) is 0.685. The first-order valence-electron chi connectivity index (χ1n) is 8.68. The van der Waals surface area contributed by atoms with Crippen molar-refractivity contribution in [3.05, 3.63) is 101 Å². The number of benzene rings is 2. The van der Waals surface area contributed by atoms with Gasteiger partial charge in [-0.25, -0.2) is 4.21 Å². The fourth-order valence-electron chi connectivity index (χ4n) is 2.27. The minimum Gasteiger partial charge on any atom is -0.301 e. The SMILES string of the molecule is C\C=C/C(C)=C(C)\C=C\C=C\c1ccc(NS(=O)c2ccc(Cl)cc2)cc1. The lowest BCUT2D eigenvalue weighted by Crippen LogP contribution is -2.04. The number of anilines is 1. The van der Waals surface area contributed by atoms with E-state index in [1.807, 2.05) is 55.5 Å². The van der Waals surface area contributed by atoms with Gasteiger partial charge in [0.1, 0.15) is 11.0 Å². The van der Waals surface area contributed by atoms with E-state index in [2.05, 4.69) is 30.7 Å². The van der Waals surface area contributed by atoms with Crippen LogP contribution in [0.2, 0.25) is 5.02 Å². The molecule has 2 nitrogen and oxygen atoms in total. The Morgan fingerprint density at radius 3 is 2.19 bits per heavy atom. The summed E-state index contributed by atoms with van der Waals surface area (Å²) < 4.78 is 15.3. The van der Waals surface area contributed by atoms with E-state index in [-0.39, 0.29) is 0 Å². The van der Waals surface area contributed by atoms with Crippen molar-refractivity contribution >= 4 is 34.3 Å². The Morgan fingerprint density at radius 1 is 0.926 bits per heavy atom. The van der Waals surface area contributed by atoms with Crippen LogP contribution in [0.4, 0.5) is 5.69 Å². The normalized spacial score (nSPS) is 14.1. The molecule has 0 saturated carbocycles. The van der Waals surface area contributed by atoms with E-state index >= 15 is 0 Å². The van der Waals surface area contributed by atoms with Crippen LogP contribution < -0.4 is 4.72 Å². The molecule has 1 unspecified atom stereocenters. The molecule has 1 atom stereocenters. The summed E-state index contributed by atoms with van der Waals surface area (Å²) in [5, 5.41) is 0.628. The molecule has 0 aliphatic heterocycles. The van der Waals surface area contributed by atoms with Crippen molar-refractivity contribution in [2.45, 2.75) is 25.7 Å². The molecule has 2 aromatic carbocycles. The van der Waals surface area contributed by atoms with E-state index in [1.54, 1.807) is 24.3 Å². The molecule has 0 heterocycles. The number of hydrogen-bond donors (Lipinski definition) is 1. The van der Waals surface area contributed by atoms with Gasteiger partial charge in [0.2, 0.25) is 0 Å². The molecule has 4 heteroatoms. The van der Waals surface area contributed by atoms with Gasteiger partial charge in [0.05, 0.1) is 4.90 Å². The molecule has 0 aliphatic rings. The lowest BCUT2D eigenvalue weighted by atomic mass is 10.1. The van der Waals surface area contributed by atoms with Gasteiger partial charge in [0.25, 0.3) is 0 Å². The van der Waals surface area contributed by atoms with E-state index in [9.17, 15) is 4.21 Å². The Kier molecular flexibility index (Phi) is 8.31. The van der Waals surface area contributed by atoms with Gasteiger partial charge in [-0.3, -0.25) is 0 Å². The van der Waals surface area contributed by atoms with Crippen LogP contribution in [0.1, 0.15) is 26.3 Å². The third-order valence-corrected chi connectivity index (χ3v) is 5.31. The average molecular weight is 398 g/mol. The first-order valence-corrected chi connectivity index (χ1v) is 10.2. The first-order chi connectivity index (χ1) is 13.0. The highest BCUT2D eigenvalue weighted by atomic mass is 35.5. The Labute approximate surface area is 169 Å². The van der Waals surface area contributed by atoms with Crippen molar-refractivity contribution in [2.75, 3.05) is 4.72 Å². The molecule has 27 heavy (non-hydrogen) atoms. The van der Waals surface area contributed by atoms with Gasteiger partial charge in [-0.15, -0.1) is 0 Å². The Hall–Kier alpha value is -2.36. The smallest absolute Gasteiger partial charge is 0.150 e. The maximum absolute atomic E-state index is 12.3. The number of nitrogens with one attached hydrogen (secondary N) is 1. The predicted molar refractivity (Wildman–Crippen MR) is 119 cm³/mol. The minimum atomic E-state index is -1.32. The third kappa shape index (κ3) is 7.05. The summed E-state index contributed by atoms with van der Waals surface area (Å²) >= 11 is 5.86. The topological polar surface area (TPSA) is 29.1 Å². The molecule has 2 aromatic rings. The van der Waals surface area contributed by atoms with E-state index in [0.717, 1.165) is 11.3 Å². The fraction of sp³-hybridized carbons (Fsp3) is 0.130. The second-order valence-electron chi connectivity index (χ2n) is 6.03. The summed E-state index contributed by atoms with van der Waals surface area (Å²) in [6.07, 6.45) is 12.3. The standard InChI is InChI=1S/C23H24ClNOS/c1-4-7-18(2)19(3)8-5-6-9-20-10-14-22(15-11-20)25-27(26)23-16-12-21(24)13-17-23/h4-17,25H,1-3H3/b7-4-,8-5+,9-6+,19-18-. The second-order valence-corrected chi connectivity index (χ2v) is 7.68. The van der Waals surface area contributed by atoms with Crippen LogP contribution in [-0.2, 0) is 11.0 Å². The Morgan fingerprint density at radius 2 is 1.56 bits per heavy atom. The summed E-state index contributed by atoms with van der Waals surface area (Å²) in [5.41, 5.74) is 4.37. The van der Waals surface area contributed by atoms with E-state index < -0.39 is 11.0 Å². The van der Waals surface area contributed by atoms with Crippen LogP contribution in [0.15, 0.2) is 95.0 Å². The lowest BCUT2D eigenvalue weighted by molar-refractivity contribution is 0.686. The molecule has 1 N–H and O–H groups in total. The quantitative estimate of drug-likeness (QED) is 0.503. The molecule has 0 aromatic heterocycles. The molecule has 0 saturated heterocycles. The number of rotatable bonds is 7. The molecular weight excluding hydrogens is 374 g/mol. The van der Waals surface area contributed by atoms with E-state index in [4.69, 9.17) is 11.6 Å². The third-order valence-electron chi connectivity index (χ3n) is 3.93. The monoisotopic (exact) mass is 397 g/mol. The molecule has 0 aliphatic carbocycles. The molecule has 2 rings (SSSR count). The maximum atomic E-state index is 12.3. The maximum Gasteiger partial charge on any atom is 0.150 e. The first kappa shape index (κ1) is 20.9. The van der Waals surface area contributed by atoms with Crippen LogP contribution in [-0.4, -0.2) is 4.21 Å². The highest BCUT2D eigenvalue weighted by Crippen LogP contribution is 2.17. The summed E-state index contributed by atoms with van der Waals surface area (Å²) in [6.45, 7) is 6.22. The number of halogens is 1. The second kappa shape index (κ2) is 10.7. The molecule has 0 fully saturated rings. The van der Waals surface area contributed by atoms with Crippen molar-refractivity contribution in [3.8, 4) is 0 Å². The van der Waals surface area contributed by atoms with E-state index in [0.29, 0.717) is 9.92 Å². The largest absolute Gasteiger partial charge is 0.301 e. The number of allylic oxidation sites excluding steroid dienone is 7. The van der Waals surface area contributed by atoms with Crippen molar-refractivity contribution in [2.24, 2.45) is 0 Å². The molecule has 0 radical (unpaired) electrons. The van der Waals surface area contributed by atoms with Gasteiger partial charge in [-0.05, 0) is 73.9 Å². The van der Waals surface area contributed by atoms with Crippen LogP contribution >= 0.6 is 11.6 Å². The van der Waals surface area contributed by atoms with Crippen molar-refractivity contribution in [1.82, 2.24) is 0 Å². The molecule has 0 amide bonds. The van der Waals surface area contributed by atoms with Crippen LogP contribution in [0.5, 0.6) is 0 Å². The van der Waals surface area contributed by atoms with Gasteiger partial charge in [-0.1, -0.05) is 60.2 Å². The zero-order valence-electron chi connectivity index (χ0n) is 15.8. The zero-order chi connectivity index (χ0) is 19.6. The minimum absolute atomic E-state index is 0.628. The number of hydrogen-bond acceptors (Lipinski definition) is 1. The summed E-state index contributed by atoms with van der Waals surface area (Å²) in [6, 6.07) is 14.8. The zero-order valence-corrected chi connectivity index (χ0v) is 17.3. The predicted octanol–water partition coefficient (Wildman–Crippen LogP) is 6.96. The average Bonchev–Trinajstić information content (AvgIpc) is 2.67. The highest BCUT2D eigenvalue weighted by molar-refractivity contribution is 7.86. The summed E-state index contributed by atoms with van der Waals surface area (Å²) in [5.74, 6) is 0. The molecule has 0 spiro atoms. The molecule has 0 bridgehead atoms. The summed E-state index contributed by atoms with van der Waals surface area (Å²) in [7, 11) is -1.32. The van der Waals surface area contributed by atoms with Crippen molar-refractivity contribution < 1.29 is 4.21 Å². The fourth-order valence-corrected chi connectivity index (χ4v) is 3.24. The lowest BCUT2D eigenvalue weighted by Gasteiger charge is -2.06. The van der Waals surface area contributed by atoms with Crippen LogP contribution in [0.25, 0.3) is 6.08 Å². The van der Waals surface area contributed by atoms with Gasteiger partial charge in [0.15, 0.2) is 0 Å². The van der Waals surface area contributed by atoms with Crippen molar-refractivity contribution in [3.63, 3.8) is 0 Å². The Balaban J connectivity index is 1.95.